The predicted molar refractivity (Wildman–Crippen MR) is 122 cm³/mol. The summed E-state index contributed by atoms with van der Waals surface area (Å²) in [7, 11) is 3.02. The average Bonchev–Trinajstić information content (AvgIpc) is 3.27. The van der Waals surface area contributed by atoms with Gasteiger partial charge < -0.3 is 14.8 Å². The van der Waals surface area contributed by atoms with Gasteiger partial charge in [0, 0.05) is 17.7 Å². The third-order valence-corrected chi connectivity index (χ3v) is 5.03. The van der Waals surface area contributed by atoms with Gasteiger partial charge >= 0.3 is 0 Å². The average molecular weight is 434 g/mol. The van der Waals surface area contributed by atoms with Crippen molar-refractivity contribution >= 4 is 23.2 Å². The molecule has 0 aliphatic rings. The van der Waals surface area contributed by atoms with E-state index >= 15 is 0 Å². The lowest BCUT2D eigenvalue weighted by Crippen LogP contribution is -2.17. The maximum absolute atomic E-state index is 13.3. The fraction of sp³-hybridized carbons (Fsp3) is 0.0833. The molecule has 1 N–H and O–H groups in total. The maximum atomic E-state index is 13.3. The maximum Gasteiger partial charge on any atom is 0.274 e. The quantitative estimate of drug-likeness (QED) is 0.438. The second-order valence-electron chi connectivity index (χ2n) is 6.67. The lowest BCUT2D eigenvalue weighted by molar-refractivity contribution is 0.101. The summed E-state index contributed by atoms with van der Waals surface area (Å²) in [4.78, 5) is 13.3. The van der Waals surface area contributed by atoms with Gasteiger partial charge in [-0.2, -0.15) is 5.10 Å². The van der Waals surface area contributed by atoms with Crippen molar-refractivity contribution < 1.29 is 14.3 Å². The number of carbonyl (C=O) groups excluding carboxylic acids is 1. The van der Waals surface area contributed by atoms with E-state index in [4.69, 9.17) is 21.1 Å². The van der Waals surface area contributed by atoms with Gasteiger partial charge in [0.15, 0.2) is 0 Å². The van der Waals surface area contributed by atoms with Crippen molar-refractivity contribution in [1.29, 1.82) is 0 Å². The van der Waals surface area contributed by atoms with Crippen molar-refractivity contribution in [3.05, 3.63) is 89.6 Å². The van der Waals surface area contributed by atoms with Crippen LogP contribution in [0.5, 0.6) is 11.5 Å². The summed E-state index contributed by atoms with van der Waals surface area (Å²) in [5.74, 6) is 0.508. The van der Waals surface area contributed by atoms with Gasteiger partial charge in [0.2, 0.25) is 0 Å². The molecule has 1 amide bonds. The van der Waals surface area contributed by atoms with Crippen molar-refractivity contribution in [1.82, 2.24) is 9.78 Å². The molecule has 0 bridgehead atoms. The Morgan fingerprint density at radius 2 is 1.55 bits per heavy atom. The Hall–Kier alpha value is -3.77. The number of halogens is 1. The first kappa shape index (κ1) is 20.5. The normalized spacial score (nSPS) is 10.5. The zero-order valence-corrected chi connectivity index (χ0v) is 17.8. The van der Waals surface area contributed by atoms with Crippen LogP contribution in [0.15, 0.2) is 78.9 Å². The number of para-hydroxylation sites is 1. The molecule has 0 unspecified atom stereocenters. The molecule has 1 aromatic heterocycles. The third kappa shape index (κ3) is 4.25. The van der Waals surface area contributed by atoms with Crippen molar-refractivity contribution in [2.24, 2.45) is 0 Å². The van der Waals surface area contributed by atoms with E-state index < -0.39 is 0 Å². The molecule has 0 atom stereocenters. The van der Waals surface area contributed by atoms with Crippen LogP contribution in [0, 0.1) is 0 Å². The molecule has 0 saturated carbocycles. The van der Waals surface area contributed by atoms with Gasteiger partial charge in [0.05, 0.1) is 36.3 Å². The lowest BCUT2D eigenvalue weighted by atomic mass is 10.1. The summed E-state index contributed by atoms with van der Waals surface area (Å²) in [6.07, 6.45) is 0. The van der Waals surface area contributed by atoms with Crippen molar-refractivity contribution in [3.63, 3.8) is 0 Å². The summed E-state index contributed by atoms with van der Waals surface area (Å²) in [5.41, 5.74) is 3.19. The van der Waals surface area contributed by atoms with E-state index in [9.17, 15) is 4.79 Å². The minimum Gasteiger partial charge on any atom is -0.495 e. The highest BCUT2D eigenvalue weighted by Crippen LogP contribution is 2.36. The van der Waals surface area contributed by atoms with Gasteiger partial charge in [-0.15, -0.1) is 0 Å². The summed E-state index contributed by atoms with van der Waals surface area (Å²) >= 11 is 6.18. The molecule has 4 aromatic rings. The largest absolute Gasteiger partial charge is 0.495 e. The molecule has 0 fully saturated rings. The first-order valence-electron chi connectivity index (χ1n) is 9.54. The van der Waals surface area contributed by atoms with E-state index in [1.54, 1.807) is 22.9 Å². The standard InChI is InChI=1S/C24H20ClN3O3/c1-30-22-15-20(23(31-2)13-18(22)25)26-24(29)21-14-19(16-9-5-3-6-10-16)27-28(21)17-11-7-4-8-12-17/h3-15H,1-2H3,(H,26,29). The third-order valence-electron chi connectivity index (χ3n) is 4.73. The summed E-state index contributed by atoms with van der Waals surface area (Å²) in [6, 6.07) is 24.2. The van der Waals surface area contributed by atoms with Crippen LogP contribution in [-0.4, -0.2) is 29.9 Å². The number of nitrogens with one attached hydrogen (secondary N) is 1. The molecule has 7 heteroatoms. The van der Waals surface area contributed by atoms with Gasteiger partial charge in [-0.25, -0.2) is 4.68 Å². The Labute approximate surface area is 185 Å². The molecule has 0 aliphatic carbocycles. The lowest BCUT2D eigenvalue weighted by Gasteiger charge is -2.13. The molecular weight excluding hydrogens is 414 g/mol. The fourth-order valence-corrected chi connectivity index (χ4v) is 3.43. The number of rotatable bonds is 6. The van der Waals surface area contributed by atoms with Crippen LogP contribution in [0.25, 0.3) is 16.9 Å². The number of carbonyl (C=O) groups is 1. The van der Waals surface area contributed by atoms with Crippen LogP contribution in [0.4, 0.5) is 5.69 Å². The van der Waals surface area contributed by atoms with Crippen LogP contribution in [0.1, 0.15) is 10.5 Å². The van der Waals surface area contributed by atoms with Gasteiger partial charge in [0.1, 0.15) is 17.2 Å². The molecule has 1 heterocycles. The zero-order chi connectivity index (χ0) is 21.8. The van der Waals surface area contributed by atoms with Crippen LogP contribution in [0.3, 0.4) is 0 Å². The minimum absolute atomic E-state index is 0.346. The molecule has 156 valence electrons. The molecule has 0 aliphatic heterocycles. The number of anilines is 1. The topological polar surface area (TPSA) is 65.4 Å². The van der Waals surface area contributed by atoms with E-state index in [1.165, 1.54) is 14.2 Å². The highest BCUT2D eigenvalue weighted by molar-refractivity contribution is 6.32. The van der Waals surface area contributed by atoms with Crippen LogP contribution in [-0.2, 0) is 0 Å². The van der Waals surface area contributed by atoms with E-state index in [0.717, 1.165) is 11.3 Å². The summed E-state index contributed by atoms with van der Waals surface area (Å²) < 4.78 is 12.3. The van der Waals surface area contributed by atoms with Crippen LogP contribution in [0.2, 0.25) is 5.02 Å². The molecule has 6 nitrogen and oxygen atoms in total. The van der Waals surface area contributed by atoms with Crippen molar-refractivity contribution in [2.45, 2.75) is 0 Å². The number of ether oxygens (including phenoxy) is 2. The number of amides is 1. The Morgan fingerprint density at radius 1 is 0.903 bits per heavy atom. The van der Waals surface area contributed by atoms with Gasteiger partial charge in [-0.1, -0.05) is 60.1 Å². The number of hydrogen-bond donors (Lipinski definition) is 1. The van der Waals surface area contributed by atoms with Crippen LogP contribution >= 0.6 is 11.6 Å². The Balaban J connectivity index is 1.77. The monoisotopic (exact) mass is 433 g/mol. The highest BCUT2D eigenvalue weighted by atomic mass is 35.5. The fourth-order valence-electron chi connectivity index (χ4n) is 3.20. The Kier molecular flexibility index (Phi) is 5.91. The number of nitrogens with zero attached hydrogens (tertiary/aromatic N) is 2. The Bertz CT molecular complexity index is 1210. The van der Waals surface area contributed by atoms with E-state index in [2.05, 4.69) is 10.4 Å². The zero-order valence-electron chi connectivity index (χ0n) is 17.0. The predicted octanol–water partition coefficient (Wildman–Crippen LogP) is 5.46. The van der Waals surface area contributed by atoms with Crippen molar-refractivity contribution in [3.8, 4) is 28.4 Å². The summed E-state index contributed by atoms with van der Waals surface area (Å²) in [6.45, 7) is 0. The molecule has 31 heavy (non-hydrogen) atoms. The molecule has 0 radical (unpaired) electrons. The minimum atomic E-state index is -0.346. The number of benzene rings is 3. The Morgan fingerprint density at radius 3 is 2.19 bits per heavy atom. The van der Waals surface area contributed by atoms with E-state index in [0.29, 0.717) is 33.6 Å². The smallest absolute Gasteiger partial charge is 0.274 e. The number of aromatic nitrogens is 2. The van der Waals surface area contributed by atoms with E-state index in [1.807, 2.05) is 60.7 Å². The second-order valence-corrected chi connectivity index (χ2v) is 7.08. The van der Waals surface area contributed by atoms with Crippen LogP contribution < -0.4 is 14.8 Å². The van der Waals surface area contributed by atoms with E-state index in [-0.39, 0.29) is 5.91 Å². The molecule has 0 spiro atoms. The first-order chi connectivity index (χ1) is 15.1. The van der Waals surface area contributed by atoms with Crippen molar-refractivity contribution in [2.75, 3.05) is 19.5 Å². The molecule has 4 rings (SSSR count). The summed E-state index contributed by atoms with van der Waals surface area (Å²) in [5, 5.41) is 7.96. The second kappa shape index (κ2) is 8.93. The molecule has 0 saturated heterocycles. The first-order valence-corrected chi connectivity index (χ1v) is 9.92. The van der Waals surface area contributed by atoms with Gasteiger partial charge in [0.25, 0.3) is 5.91 Å². The highest BCUT2D eigenvalue weighted by Gasteiger charge is 2.20. The van der Waals surface area contributed by atoms with Gasteiger partial charge in [-0.3, -0.25) is 4.79 Å². The number of hydrogen-bond acceptors (Lipinski definition) is 4. The van der Waals surface area contributed by atoms with Gasteiger partial charge in [-0.05, 0) is 18.2 Å². The molecular formula is C24H20ClN3O3. The molecule has 3 aromatic carbocycles. The SMILES string of the molecule is COc1cc(NC(=O)c2cc(-c3ccccc3)nn2-c2ccccc2)c(OC)cc1Cl. The number of methoxy groups -OCH3 is 2.